The van der Waals surface area contributed by atoms with Gasteiger partial charge in [-0.1, -0.05) is 41.4 Å². The number of aryl methyl sites for hydroxylation is 2. The number of hydrogen-bond acceptors (Lipinski definition) is 3. The lowest BCUT2D eigenvalue weighted by Crippen LogP contribution is -2.10. The Morgan fingerprint density at radius 3 is 2.37 bits per heavy atom. The smallest absolute Gasteiger partial charge is 0.248 e. The molecule has 0 saturated carbocycles. The number of halogens is 2. The Hall–Kier alpha value is -3.67. The fraction of sp³-hybridized carbons (Fsp3) is 0.107. The molecule has 5 nitrogen and oxygen atoms in total. The van der Waals surface area contributed by atoms with Crippen LogP contribution in [0.25, 0.3) is 22.2 Å². The number of carbonyl (C=O) groups excluding carboxylic acids is 1. The minimum Gasteiger partial charge on any atom is -0.366 e. The first-order chi connectivity index (χ1) is 17.0. The van der Waals surface area contributed by atoms with Gasteiger partial charge in [-0.3, -0.25) is 9.78 Å². The van der Waals surface area contributed by atoms with Crippen LogP contribution in [0.3, 0.4) is 0 Å². The van der Waals surface area contributed by atoms with Crippen molar-refractivity contribution in [2.75, 3.05) is 0 Å². The molecular weight excluding hydrogens is 479 g/mol. The van der Waals surface area contributed by atoms with Crippen LogP contribution in [0.1, 0.15) is 27.3 Å². The second kappa shape index (κ2) is 9.90. The Balaban J connectivity index is 1.54. The molecule has 0 spiro atoms. The van der Waals surface area contributed by atoms with Crippen LogP contribution in [0, 0.1) is 0 Å². The van der Waals surface area contributed by atoms with E-state index in [4.69, 9.17) is 33.9 Å². The van der Waals surface area contributed by atoms with Crippen LogP contribution < -0.4 is 5.73 Å². The van der Waals surface area contributed by atoms with Gasteiger partial charge in [-0.25, -0.2) is 4.98 Å². The molecule has 5 rings (SSSR count). The summed E-state index contributed by atoms with van der Waals surface area (Å²) >= 11 is 12.8. The number of amides is 1. The van der Waals surface area contributed by atoms with Gasteiger partial charge in [-0.05, 0) is 83.3 Å². The van der Waals surface area contributed by atoms with Crippen LogP contribution in [0.5, 0.6) is 0 Å². The van der Waals surface area contributed by atoms with Crippen molar-refractivity contribution in [3.8, 4) is 11.1 Å². The molecule has 0 radical (unpaired) electrons. The maximum atomic E-state index is 11.4. The van der Waals surface area contributed by atoms with Crippen molar-refractivity contribution in [1.82, 2.24) is 14.5 Å². The number of nitrogens with zero attached hydrogens (tertiary/aromatic N) is 3. The zero-order valence-electron chi connectivity index (χ0n) is 18.8. The van der Waals surface area contributed by atoms with Crippen molar-refractivity contribution in [2.45, 2.75) is 19.4 Å². The summed E-state index contributed by atoms with van der Waals surface area (Å²) in [6, 6.07) is 23.2. The first kappa shape index (κ1) is 23.1. The number of fused-ring (bicyclic) bond motifs is 1. The first-order valence-corrected chi connectivity index (χ1v) is 12.0. The predicted molar refractivity (Wildman–Crippen MR) is 141 cm³/mol. The van der Waals surface area contributed by atoms with E-state index in [-0.39, 0.29) is 0 Å². The third-order valence-corrected chi connectivity index (χ3v) is 6.66. The van der Waals surface area contributed by atoms with Crippen LogP contribution in [-0.4, -0.2) is 20.4 Å². The molecule has 0 saturated heterocycles. The molecule has 5 aromatic rings. The molecule has 174 valence electrons. The Morgan fingerprint density at radius 1 is 0.857 bits per heavy atom. The van der Waals surface area contributed by atoms with Gasteiger partial charge in [0.2, 0.25) is 5.91 Å². The first-order valence-electron chi connectivity index (χ1n) is 11.2. The molecule has 2 N–H and O–H groups in total. The molecule has 0 aliphatic rings. The summed E-state index contributed by atoms with van der Waals surface area (Å²) in [6.07, 6.45) is 5.06. The zero-order chi connectivity index (χ0) is 24.4. The maximum absolute atomic E-state index is 11.4. The van der Waals surface area contributed by atoms with E-state index in [2.05, 4.69) is 21.7 Å². The summed E-state index contributed by atoms with van der Waals surface area (Å²) in [5.41, 5.74) is 12.0. The number of primary amides is 1. The summed E-state index contributed by atoms with van der Waals surface area (Å²) in [5.74, 6) is 0.517. The van der Waals surface area contributed by atoms with E-state index in [0.29, 0.717) is 28.6 Å². The van der Waals surface area contributed by atoms with E-state index in [1.54, 1.807) is 30.6 Å². The summed E-state index contributed by atoms with van der Waals surface area (Å²) in [5, 5.41) is 1.30. The maximum Gasteiger partial charge on any atom is 0.248 e. The Kier molecular flexibility index (Phi) is 6.53. The molecule has 0 bridgehead atoms. The van der Waals surface area contributed by atoms with Crippen molar-refractivity contribution in [1.29, 1.82) is 0 Å². The number of imidazole rings is 1. The lowest BCUT2D eigenvalue weighted by Gasteiger charge is -2.12. The van der Waals surface area contributed by atoms with Crippen molar-refractivity contribution in [3.63, 3.8) is 0 Å². The molecule has 2 aromatic heterocycles. The highest BCUT2D eigenvalue weighted by Gasteiger charge is 2.15. The van der Waals surface area contributed by atoms with E-state index in [1.807, 2.05) is 42.5 Å². The second-order valence-electron chi connectivity index (χ2n) is 8.35. The van der Waals surface area contributed by atoms with E-state index < -0.39 is 5.91 Å². The molecule has 0 fully saturated rings. The van der Waals surface area contributed by atoms with Gasteiger partial charge in [0.25, 0.3) is 0 Å². The third-order valence-electron chi connectivity index (χ3n) is 6.05. The number of aromatic nitrogens is 3. The molecule has 2 heterocycles. The summed E-state index contributed by atoms with van der Waals surface area (Å²) < 4.78 is 2.20. The second-order valence-corrected chi connectivity index (χ2v) is 9.19. The third kappa shape index (κ3) is 5.06. The SMILES string of the molecule is NC(=O)c1ccc(CCc2nc3ccc(-c4ccncc4)cc3n2Cc2cc(Cl)ccc2Cl)cc1. The highest BCUT2D eigenvalue weighted by atomic mass is 35.5. The number of nitrogens with two attached hydrogens (primary N) is 1. The van der Waals surface area contributed by atoms with Gasteiger partial charge in [0.05, 0.1) is 17.6 Å². The van der Waals surface area contributed by atoms with E-state index in [0.717, 1.165) is 45.5 Å². The number of pyridine rings is 1. The van der Waals surface area contributed by atoms with Gasteiger partial charge in [0.1, 0.15) is 5.82 Å². The number of benzene rings is 3. The fourth-order valence-electron chi connectivity index (χ4n) is 4.19. The molecule has 1 amide bonds. The van der Waals surface area contributed by atoms with Gasteiger partial charge in [0, 0.05) is 34.4 Å². The molecule has 0 unspecified atom stereocenters. The van der Waals surface area contributed by atoms with Crippen molar-refractivity contribution >= 4 is 40.1 Å². The molecular formula is C28H22Cl2N4O. The number of hydrogen-bond donors (Lipinski definition) is 1. The molecule has 0 atom stereocenters. The number of carbonyl (C=O) groups is 1. The average Bonchev–Trinajstić information content (AvgIpc) is 3.22. The van der Waals surface area contributed by atoms with E-state index in [9.17, 15) is 4.79 Å². The highest BCUT2D eigenvalue weighted by Crippen LogP contribution is 2.28. The van der Waals surface area contributed by atoms with Crippen LogP contribution >= 0.6 is 23.2 Å². The minimum atomic E-state index is -0.429. The minimum absolute atomic E-state index is 0.429. The van der Waals surface area contributed by atoms with Crippen LogP contribution in [0.4, 0.5) is 0 Å². The lowest BCUT2D eigenvalue weighted by atomic mass is 10.1. The van der Waals surface area contributed by atoms with Gasteiger partial charge in [-0.2, -0.15) is 0 Å². The van der Waals surface area contributed by atoms with Gasteiger partial charge in [0.15, 0.2) is 0 Å². The summed E-state index contributed by atoms with van der Waals surface area (Å²) in [6.45, 7) is 0.547. The monoisotopic (exact) mass is 500 g/mol. The lowest BCUT2D eigenvalue weighted by molar-refractivity contribution is 0.100. The quantitative estimate of drug-likeness (QED) is 0.283. The van der Waals surface area contributed by atoms with Gasteiger partial charge >= 0.3 is 0 Å². The van der Waals surface area contributed by atoms with Gasteiger partial charge < -0.3 is 10.3 Å². The number of rotatable bonds is 7. The van der Waals surface area contributed by atoms with Crippen molar-refractivity contribution < 1.29 is 4.79 Å². The molecule has 0 aliphatic heterocycles. The molecule has 7 heteroatoms. The largest absolute Gasteiger partial charge is 0.366 e. The normalized spacial score (nSPS) is 11.1. The zero-order valence-corrected chi connectivity index (χ0v) is 20.3. The fourth-order valence-corrected chi connectivity index (χ4v) is 4.56. The van der Waals surface area contributed by atoms with Crippen LogP contribution in [0.2, 0.25) is 10.0 Å². The summed E-state index contributed by atoms with van der Waals surface area (Å²) in [7, 11) is 0. The topological polar surface area (TPSA) is 73.8 Å². The van der Waals surface area contributed by atoms with E-state index in [1.165, 1.54) is 0 Å². The van der Waals surface area contributed by atoms with Crippen molar-refractivity contribution in [2.24, 2.45) is 5.73 Å². The Labute approximate surface area is 213 Å². The average molecular weight is 501 g/mol. The molecule has 3 aromatic carbocycles. The van der Waals surface area contributed by atoms with Crippen LogP contribution in [0.15, 0.2) is 85.2 Å². The summed E-state index contributed by atoms with van der Waals surface area (Å²) in [4.78, 5) is 20.5. The Bertz CT molecular complexity index is 1510. The Morgan fingerprint density at radius 2 is 1.63 bits per heavy atom. The standard InChI is InChI=1S/C28H22Cl2N4O/c29-23-7-8-24(30)22(15-23)17-34-26-16-21(19-11-13-32-14-12-19)6-9-25(26)33-27(34)10-3-18-1-4-20(5-2-18)28(31)35/h1-2,4-9,11-16H,3,10,17H2,(H2,31,35). The van der Waals surface area contributed by atoms with Gasteiger partial charge in [-0.15, -0.1) is 0 Å². The molecule has 35 heavy (non-hydrogen) atoms. The van der Waals surface area contributed by atoms with Crippen molar-refractivity contribution in [3.05, 3.63) is 118 Å². The highest BCUT2D eigenvalue weighted by molar-refractivity contribution is 6.33. The van der Waals surface area contributed by atoms with Crippen LogP contribution in [-0.2, 0) is 19.4 Å². The predicted octanol–water partition coefficient (Wildman–Crippen LogP) is 6.34. The van der Waals surface area contributed by atoms with E-state index >= 15 is 0 Å². The molecule has 0 aliphatic carbocycles.